The summed E-state index contributed by atoms with van der Waals surface area (Å²) in [6.45, 7) is 4.49. The van der Waals surface area contributed by atoms with Crippen LogP contribution >= 0.6 is 0 Å². The number of hydrogen-bond donors (Lipinski definition) is 2. The first-order chi connectivity index (χ1) is 11.3. The van der Waals surface area contributed by atoms with Gasteiger partial charge >= 0.3 is 0 Å². The van der Waals surface area contributed by atoms with Gasteiger partial charge in [-0.3, -0.25) is 4.79 Å². The summed E-state index contributed by atoms with van der Waals surface area (Å²) in [4.78, 5) is 16.4. The van der Waals surface area contributed by atoms with Crippen molar-refractivity contribution >= 4 is 5.91 Å². The lowest BCUT2D eigenvalue weighted by molar-refractivity contribution is 0.0954. The van der Waals surface area contributed by atoms with Crippen molar-refractivity contribution in [2.24, 2.45) is 0 Å². The smallest absolute Gasteiger partial charge is 0.257 e. The summed E-state index contributed by atoms with van der Waals surface area (Å²) in [5.74, 6) is 1.71. The topological polar surface area (TPSA) is 80.0 Å². The molecule has 6 heteroatoms. The van der Waals surface area contributed by atoms with Crippen LogP contribution in [0.3, 0.4) is 0 Å². The van der Waals surface area contributed by atoms with Crippen LogP contribution in [0.2, 0.25) is 0 Å². The van der Waals surface area contributed by atoms with Gasteiger partial charge in [0.2, 0.25) is 0 Å². The SMILES string of the molecule is CCCNCCNC(=O)c1ccc(-c2nc(C3CC3)no2)cc1. The molecule has 1 aliphatic carbocycles. The van der Waals surface area contributed by atoms with Crippen LogP contribution in [0, 0.1) is 0 Å². The number of nitrogens with zero attached hydrogens (tertiary/aromatic N) is 2. The van der Waals surface area contributed by atoms with Crippen LogP contribution in [0.1, 0.15) is 48.3 Å². The molecule has 0 bridgehead atoms. The predicted molar refractivity (Wildman–Crippen MR) is 87.2 cm³/mol. The molecule has 23 heavy (non-hydrogen) atoms. The fraction of sp³-hybridized carbons (Fsp3) is 0.471. The summed E-state index contributed by atoms with van der Waals surface area (Å²) in [5, 5.41) is 10.1. The number of carbonyl (C=O) groups is 1. The Bertz CT molecular complexity index is 647. The van der Waals surface area contributed by atoms with Gasteiger partial charge in [-0.2, -0.15) is 4.98 Å². The normalized spacial score (nSPS) is 14.0. The zero-order chi connectivity index (χ0) is 16.1. The fourth-order valence-corrected chi connectivity index (χ4v) is 2.29. The number of nitrogens with one attached hydrogen (secondary N) is 2. The van der Waals surface area contributed by atoms with E-state index in [2.05, 4.69) is 27.7 Å². The molecule has 122 valence electrons. The van der Waals surface area contributed by atoms with Crippen molar-refractivity contribution in [1.29, 1.82) is 0 Å². The number of carbonyl (C=O) groups excluding carboxylic acids is 1. The van der Waals surface area contributed by atoms with Gasteiger partial charge in [0.1, 0.15) is 0 Å². The van der Waals surface area contributed by atoms with Gasteiger partial charge in [-0.25, -0.2) is 0 Å². The highest BCUT2D eigenvalue weighted by Crippen LogP contribution is 2.38. The third-order valence-corrected chi connectivity index (χ3v) is 3.79. The molecule has 0 aliphatic heterocycles. The molecule has 1 aliphatic rings. The van der Waals surface area contributed by atoms with E-state index in [0.29, 0.717) is 23.9 Å². The van der Waals surface area contributed by atoms with E-state index in [-0.39, 0.29) is 5.91 Å². The molecule has 1 heterocycles. The van der Waals surface area contributed by atoms with Gasteiger partial charge in [-0.1, -0.05) is 12.1 Å². The van der Waals surface area contributed by atoms with Crippen LogP contribution in [-0.2, 0) is 0 Å². The molecule has 1 aromatic heterocycles. The second-order valence-electron chi connectivity index (χ2n) is 5.82. The average Bonchev–Trinajstić information content (AvgIpc) is 3.32. The van der Waals surface area contributed by atoms with Crippen LogP contribution in [-0.4, -0.2) is 35.7 Å². The summed E-state index contributed by atoms with van der Waals surface area (Å²) in [6.07, 6.45) is 3.38. The Kier molecular flexibility index (Phi) is 5.02. The molecule has 2 aromatic rings. The predicted octanol–water partition coefficient (Wildman–Crippen LogP) is 2.34. The van der Waals surface area contributed by atoms with Crippen LogP contribution in [0.25, 0.3) is 11.5 Å². The van der Waals surface area contributed by atoms with E-state index in [1.165, 1.54) is 0 Å². The highest BCUT2D eigenvalue weighted by atomic mass is 16.5. The first kappa shape index (κ1) is 15.7. The second kappa shape index (κ2) is 7.37. The number of rotatable bonds is 8. The summed E-state index contributed by atoms with van der Waals surface area (Å²) in [6, 6.07) is 7.25. The Morgan fingerprint density at radius 1 is 1.22 bits per heavy atom. The Hall–Kier alpha value is -2.21. The molecule has 2 N–H and O–H groups in total. The lowest BCUT2D eigenvalue weighted by Crippen LogP contribution is -2.32. The van der Waals surface area contributed by atoms with Gasteiger partial charge in [-0.15, -0.1) is 0 Å². The van der Waals surface area contributed by atoms with Crippen LogP contribution in [0.5, 0.6) is 0 Å². The second-order valence-corrected chi connectivity index (χ2v) is 5.82. The highest BCUT2D eigenvalue weighted by Gasteiger charge is 2.28. The number of aromatic nitrogens is 2. The molecular weight excluding hydrogens is 292 g/mol. The third kappa shape index (κ3) is 4.16. The summed E-state index contributed by atoms with van der Waals surface area (Å²) < 4.78 is 5.28. The van der Waals surface area contributed by atoms with E-state index in [0.717, 1.165) is 43.7 Å². The van der Waals surface area contributed by atoms with Crippen molar-refractivity contribution in [1.82, 2.24) is 20.8 Å². The largest absolute Gasteiger partial charge is 0.351 e. The van der Waals surface area contributed by atoms with Gasteiger partial charge in [0.05, 0.1) is 0 Å². The number of hydrogen-bond acceptors (Lipinski definition) is 5. The fourth-order valence-electron chi connectivity index (χ4n) is 2.29. The molecule has 0 radical (unpaired) electrons. The minimum atomic E-state index is -0.0703. The van der Waals surface area contributed by atoms with E-state index in [1.54, 1.807) is 12.1 Å². The molecular formula is C17H22N4O2. The molecule has 1 fully saturated rings. The Morgan fingerprint density at radius 2 is 2.00 bits per heavy atom. The lowest BCUT2D eigenvalue weighted by atomic mass is 10.1. The van der Waals surface area contributed by atoms with Crippen molar-refractivity contribution in [2.45, 2.75) is 32.1 Å². The standard InChI is InChI=1S/C17H22N4O2/c1-2-9-18-10-11-19-16(22)13-5-7-14(8-6-13)17-20-15(21-23-17)12-3-4-12/h5-8,12,18H,2-4,9-11H2,1H3,(H,19,22). The van der Waals surface area contributed by atoms with Gasteiger partial charge in [-0.05, 0) is 50.1 Å². The Balaban J connectivity index is 1.54. The molecule has 0 atom stereocenters. The minimum Gasteiger partial charge on any atom is -0.351 e. The minimum absolute atomic E-state index is 0.0703. The first-order valence-electron chi connectivity index (χ1n) is 8.21. The zero-order valence-corrected chi connectivity index (χ0v) is 13.3. The van der Waals surface area contributed by atoms with Gasteiger partial charge in [0.15, 0.2) is 5.82 Å². The maximum atomic E-state index is 12.0. The Morgan fingerprint density at radius 3 is 2.70 bits per heavy atom. The quantitative estimate of drug-likeness (QED) is 0.731. The van der Waals surface area contributed by atoms with Crippen LogP contribution < -0.4 is 10.6 Å². The van der Waals surface area contributed by atoms with E-state index < -0.39 is 0 Å². The first-order valence-corrected chi connectivity index (χ1v) is 8.21. The van der Waals surface area contributed by atoms with E-state index in [1.807, 2.05) is 12.1 Å². The van der Waals surface area contributed by atoms with Gasteiger partial charge in [0, 0.05) is 30.1 Å². The molecule has 0 saturated heterocycles. The van der Waals surface area contributed by atoms with Crippen molar-refractivity contribution in [3.8, 4) is 11.5 Å². The number of amides is 1. The lowest BCUT2D eigenvalue weighted by Gasteiger charge is -2.06. The summed E-state index contributed by atoms with van der Waals surface area (Å²) in [5.41, 5.74) is 1.47. The van der Waals surface area contributed by atoms with E-state index in [9.17, 15) is 4.79 Å². The molecule has 1 amide bonds. The van der Waals surface area contributed by atoms with Crippen LogP contribution in [0.15, 0.2) is 28.8 Å². The maximum absolute atomic E-state index is 12.0. The monoisotopic (exact) mass is 314 g/mol. The molecule has 0 spiro atoms. The van der Waals surface area contributed by atoms with Crippen molar-refractivity contribution in [3.63, 3.8) is 0 Å². The Labute approximate surface area is 135 Å². The van der Waals surface area contributed by atoms with E-state index in [4.69, 9.17) is 4.52 Å². The molecule has 0 unspecified atom stereocenters. The number of benzene rings is 1. The van der Waals surface area contributed by atoms with Crippen LogP contribution in [0.4, 0.5) is 0 Å². The molecule has 3 rings (SSSR count). The van der Waals surface area contributed by atoms with Crippen molar-refractivity contribution < 1.29 is 9.32 Å². The third-order valence-electron chi connectivity index (χ3n) is 3.79. The summed E-state index contributed by atoms with van der Waals surface area (Å²) in [7, 11) is 0. The average molecular weight is 314 g/mol. The molecule has 6 nitrogen and oxygen atoms in total. The summed E-state index contributed by atoms with van der Waals surface area (Å²) >= 11 is 0. The zero-order valence-electron chi connectivity index (χ0n) is 13.3. The van der Waals surface area contributed by atoms with Gasteiger partial charge in [0.25, 0.3) is 11.8 Å². The maximum Gasteiger partial charge on any atom is 0.257 e. The van der Waals surface area contributed by atoms with Gasteiger partial charge < -0.3 is 15.2 Å². The molecule has 1 saturated carbocycles. The van der Waals surface area contributed by atoms with Crippen molar-refractivity contribution in [2.75, 3.05) is 19.6 Å². The molecule has 1 aromatic carbocycles. The van der Waals surface area contributed by atoms with Crippen molar-refractivity contribution in [3.05, 3.63) is 35.7 Å². The highest BCUT2D eigenvalue weighted by molar-refractivity contribution is 5.94. The van der Waals surface area contributed by atoms with E-state index >= 15 is 0 Å².